The van der Waals surface area contributed by atoms with Crippen LogP contribution in [-0.2, 0) is 0 Å². The molecule has 0 aliphatic rings. The van der Waals surface area contributed by atoms with Gasteiger partial charge in [0.05, 0.1) is 5.56 Å². The number of carbonyl (C=O) groups is 1. The third kappa shape index (κ3) is 3.07. The normalized spacial score (nSPS) is 9.32. The summed E-state index contributed by atoms with van der Waals surface area (Å²) in [6.45, 7) is 0. The molecule has 94 valence electrons. The van der Waals surface area contributed by atoms with Crippen molar-refractivity contribution < 1.29 is 4.79 Å². The largest absolute Gasteiger partial charge is 0.372 e. The van der Waals surface area contributed by atoms with Crippen molar-refractivity contribution in [3.63, 3.8) is 0 Å². The lowest BCUT2D eigenvalue weighted by Gasteiger charge is -2.04. The second kappa shape index (κ2) is 5.65. The Hall–Kier alpha value is -2.87. The molecule has 0 spiro atoms. The van der Waals surface area contributed by atoms with Crippen LogP contribution in [-0.4, -0.2) is 22.9 Å². The summed E-state index contributed by atoms with van der Waals surface area (Å²) in [6, 6.07) is 5.27. The predicted octanol–water partition coefficient (Wildman–Crippen LogP) is 1.02. The maximum absolute atomic E-state index is 11.3. The molecule has 5 heteroatoms. The molecule has 0 aliphatic carbocycles. The third-order valence-electron chi connectivity index (χ3n) is 2.40. The van der Waals surface area contributed by atoms with Crippen molar-refractivity contribution in [2.45, 2.75) is 0 Å². The molecule has 0 aliphatic heterocycles. The Kier molecular flexibility index (Phi) is 3.74. The van der Waals surface area contributed by atoms with E-state index >= 15 is 0 Å². The van der Waals surface area contributed by atoms with Crippen molar-refractivity contribution in [2.75, 3.05) is 12.4 Å². The van der Waals surface area contributed by atoms with E-state index in [1.807, 2.05) is 6.07 Å². The van der Waals surface area contributed by atoms with Gasteiger partial charge in [0.25, 0.3) is 5.91 Å². The fourth-order valence-electron chi connectivity index (χ4n) is 1.50. The number of carbonyl (C=O) groups excluding carboxylic acids is 1. The number of nitrogens with one attached hydrogen (secondary N) is 1. The summed E-state index contributed by atoms with van der Waals surface area (Å²) in [4.78, 5) is 19.4. The van der Waals surface area contributed by atoms with Gasteiger partial charge >= 0.3 is 0 Å². The number of hydrogen-bond donors (Lipinski definition) is 2. The van der Waals surface area contributed by atoms with Gasteiger partial charge in [-0.1, -0.05) is 11.8 Å². The van der Waals surface area contributed by atoms with Crippen LogP contribution < -0.4 is 11.1 Å². The minimum Gasteiger partial charge on any atom is -0.372 e. The van der Waals surface area contributed by atoms with Crippen molar-refractivity contribution in [1.82, 2.24) is 9.97 Å². The molecule has 0 aromatic carbocycles. The van der Waals surface area contributed by atoms with Gasteiger partial charge in [0.1, 0.15) is 5.82 Å². The Morgan fingerprint density at radius 1 is 1.32 bits per heavy atom. The first-order chi connectivity index (χ1) is 9.20. The Balaban J connectivity index is 2.35. The Morgan fingerprint density at radius 3 is 2.74 bits per heavy atom. The van der Waals surface area contributed by atoms with E-state index in [2.05, 4.69) is 27.1 Å². The number of primary amides is 1. The van der Waals surface area contributed by atoms with E-state index in [0.717, 1.165) is 5.56 Å². The van der Waals surface area contributed by atoms with Crippen LogP contribution >= 0.6 is 0 Å². The summed E-state index contributed by atoms with van der Waals surface area (Å²) >= 11 is 0. The lowest BCUT2D eigenvalue weighted by Crippen LogP contribution is -2.14. The Bertz CT molecular complexity index is 656. The third-order valence-corrected chi connectivity index (χ3v) is 2.40. The molecule has 3 N–H and O–H groups in total. The molecule has 0 bridgehead atoms. The minimum absolute atomic E-state index is 0.320. The zero-order valence-electron chi connectivity index (χ0n) is 10.3. The fourth-order valence-corrected chi connectivity index (χ4v) is 1.50. The van der Waals surface area contributed by atoms with Gasteiger partial charge in [-0.15, -0.1) is 0 Å². The minimum atomic E-state index is -0.540. The van der Waals surface area contributed by atoms with E-state index in [0.29, 0.717) is 16.9 Å². The number of hydrogen-bond acceptors (Lipinski definition) is 4. The molecule has 1 amide bonds. The highest BCUT2D eigenvalue weighted by Crippen LogP contribution is 2.12. The molecule has 2 rings (SSSR count). The summed E-state index contributed by atoms with van der Waals surface area (Å²) in [5.74, 6) is 5.76. The van der Waals surface area contributed by atoms with Gasteiger partial charge < -0.3 is 11.1 Å². The molecule has 2 heterocycles. The number of amides is 1. The molecule has 2 aromatic rings. The maximum atomic E-state index is 11.3. The van der Waals surface area contributed by atoms with E-state index in [1.54, 1.807) is 37.8 Å². The lowest BCUT2D eigenvalue weighted by atomic mass is 10.1. The van der Waals surface area contributed by atoms with E-state index in [-0.39, 0.29) is 0 Å². The molecule has 0 unspecified atom stereocenters. The van der Waals surface area contributed by atoms with Crippen LogP contribution in [0, 0.1) is 11.8 Å². The average molecular weight is 252 g/mol. The van der Waals surface area contributed by atoms with Crippen LogP contribution in [0.1, 0.15) is 21.5 Å². The molecule has 0 fully saturated rings. The Morgan fingerprint density at radius 2 is 2.11 bits per heavy atom. The molecule has 0 atom stereocenters. The van der Waals surface area contributed by atoms with Crippen molar-refractivity contribution in [3.05, 3.63) is 53.5 Å². The second-order valence-corrected chi connectivity index (χ2v) is 3.73. The van der Waals surface area contributed by atoms with Crippen molar-refractivity contribution in [1.29, 1.82) is 0 Å². The maximum Gasteiger partial charge on any atom is 0.252 e. The zero-order chi connectivity index (χ0) is 13.7. The number of rotatable bonds is 2. The van der Waals surface area contributed by atoms with Crippen LogP contribution in [0.25, 0.3) is 0 Å². The van der Waals surface area contributed by atoms with E-state index < -0.39 is 5.91 Å². The lowest BCUT2D eigenvalue weighted by molar-refractivity contribution is 0.100. The monoisotopic (exact) mass is 252 g/mol. The van der Waals surface area contributed by atoms with Gasteiger partial charge in [-0.2, -0.15) is 0 Å². The van der Waals surface area contributed by atoms with E-state index in [9.17, 15) is 4.79 Å². The molecular formula is C14H12N4O. The van der Waals surface area contributed by atoms with Gasteiger partial charge in [-0.25, -0.2) is 4.98 Å². The topological polar surface area (TPSA) is 80.9 Å². The number of aromatic nitrogens is 2. The molecule has 5 nitrogen and oxygen atoms in total. The zero-order valence-corrected chi connectivity index (χ0v) is 10.3. The summed E-state index contributed by atoms with van der Waals surface area (Å²) < 4.78 is 0. The van der Waals surface area contributed by atoms with Gasteiger partial charge in [-0.3, -0.25) is 9.78 Å². The van der Waals surface area contributed by atoms with Gasteiger partial charge in [0.15, 0.2) is 0 Å². The number of pyridine rings is 2. The molecule has 0 radical (unpaired) electrons. The summed E-state index contributed by atoms with van der Waals surface area (Å²) in [5.41, 5.74) is 7.02. The highest BCUT2D eigenvalue weighted by Gasteiger charge is 2.08. The van der Waals surface area contributed by atoms with Crippen molar-refractivity contribution in [2.24, 2.45) is 5.73 Å². The number of nitrogens with two attached hydrogens (primary N) is 1. The smallest absolute Gasteiger partial charge is 0.252 e. The van der Waals surface area contributed by atoms with Gasteiger partial charge in [0, 0.05) is 36.8 Å². The predicted molar refractivity (Wildman–Crippen MR) is 72.5 cm³/mol. The first-order valence-corrected chi connectivity index (χ1v) is 5.60. The highest BCUT2D eigenvalue weighted by atomic mass is 16.1. The summed E-state index contributed by atoms with van der Waals surface area (Å²) in [7, 11) is 1.68. The molecule has 0 saturated carbocycles. The van der Waals surface area contributed by atoms with Crippen LogP contribution in [0.4, 0.5) is 5.82 Å². The Labute approximate surface area is 110 Å². The average Bonchev–Trinajstić information content (AvgIpc) is 2.46. The highest BCUT2D eigenvalue weighted by molar-refractivity contribution is 5.97. The van der Waals surface area contributed by atoms with Crippen LogP contribution in [0.5, 0.6) is 0 Å². The molecule has 2 aromatic heterocycles. The van der Waals surface area contributed by atoms with Crippen LogP contribution in [0.15, 0.2) is 36.8 Å². The van der Waals surface area contributed by atoms with Crippen LogP contribution in [0.2, 0.25) is 0 Å². The fraction of sp³-hybridized carbons (Fsp3) is 0.0714. The van der Waals surface area contributed by atoms with Gasteiger partial charge in [-0.05, 0) is 18.2 Å². The van der Waals surface area contributed by atoms with E-state index in [1.165, 1.54) is 0 Å². The number of nitrogens with zero attached hydrogens (tertiary/aromatic N) is 2. The van der Waals surface area contributed by atoms with E-state index in [4.69, 9.17) is 5.73 Å². The quantitative estimate of drug-likeness (QED) is 0.782. The first-order valence-electron chi connectivity index (χ1n) is 5.60. The standard InChI is InChI=1S/C14H12N4O/c1-16-14-12(13(15)19)7-11(9-18-14)5-4-10-3-2-6-17-8-10/h2-3,6-9H,1H3,(H2,15,19)(H,16,18). The van der Waals surface area contributed by atoms with Crippen molar-refractivity contribution in [3.8, 4) is 11.8 Å². The molecule has 0 saturated heterocycles. The molecule has 19 heavy (non-hydrogen) atoms. The van der Waals surface area contributed by atoms with Gasteiger partial charge in [0.2, 0.25) is 0 Å². The number of anilines is 1. The first kappa shape index (κ1) is 12.6. The second-order valence-electron chi connectivity index (χ2n) is 3.73. The summed E-state index contributed by atoms with van der Waals surface area (Å²) in [5, 5.41) is 2.81. The summed E-state index contributed by atoms with van der Waals surface area (Å²) in [6.07, 6.45) is 4.93. The SMILES string of the molecule is CNc1ncc(C#Cc2cccnc2)cc1C(N)=O. The van der Waals surface area contributed by atoms with Crippen LogP contribution in [0.3, 0.4) is 0 Å². The van der Waals surface area contributed by atoms with Crippen molar-refractivity contribution >= 4 is 11.7 Å². The molecular weight excluding hydrogens is 240 g/mol.